The Labute approximate surface area is 65.7 Å². The lowest BCUT2D eigenvalue weighted by Gasteiger charge is -2.05. The van der Waals surface area contributed by atoms with Crippen LogP contribution in [0.5, 0.6) is 0 Å². The third kappa shape index (κ3) is 1.53. The first kappa shape index (κ1) is 8.52. The Kier molecular flexibility index (Phi) is 2.17. The average Bonchev–Trinajstić information content (AvgIpc) is 2.37. The largest absolute Gasteiger partial charge is 0.356 e. The fraction of sp³-hybridized carbons (Fsp3) is 0.833. The number of hydrogen-bond donors (Lipinski definition) is 1. The Morgan fingerprint density at radius 2 is 1.73 bits per heavy atom. The number of amides is 1. The van der Waals surface area contributed by atoms with Gasteiger partial charge < -0.3 is 5.73 Å². The van der Waals surface area contributed by atoms with Gasteiger partial charge in [-0.15, -0.1) is 0 Å². The van der Waals surface area contributed by atoms with E-state index in [-0.39, 0.29) is 0 Å². The minimum absolute atomic E-state index is 0.500. The van der Waals surface area contributed by atoms with Crippen molar-refractivity contribution in [3.8, 4) is 0 Å². The molecule has 0 atom stereocenters. The van der Waals surface area contributed by atoms with E-state index in [1.165, 1.54) is 0 Å². The molecule has 1 rings (SSSR count). The summed E-state index contributed by atoms with van der Waals surface area (Å²) in [5.41, 5.74) is 4.72. The van der Waals surface area contributed by atoms with Gasteiger partial charge in [-0.05, 0) is 12.8 Å². The minimum Gasteiger partial charge on any atom is -0.356 e. The van der Waals surface area contributed by atoms with Gasteiger partial charge in [0.15, 0.2) is 0 Å². The molecule has 1 aliphatic rings. The van der Waals surface area contributed by atoms with Crippen LogP contribution in [0.1, 0.15) is 25.7 Å². The molecule has 0 aromatic rings. The van der Waals surface area contributed by atoms with E-state index < -0.39 is 20.3 Å². The predicted octanol–water partition coefficient (Wildman–Crippen LogP) is 0.423. The van der Waals surface area contributed by atoms with Crippen molar-refractivity contribution in [2.75, 3.05) is 0 Å². The Morgan fingerprint density at radius 3 is 2.09 bits per heavy atom. The first-order valence-corrected chi connectivity index (χ1v) is 5.13. The molecule has 0 heterocycles. The molecule has 0 radical (unpaired) electrons. The molecule has 0 unspecified atom stereocenters. The van der Waals surface area contributed by atoms with Crippen LogP contribution in [0.15, 0.2) is 0 Å². The number of hydrogen-bond acceptors (Lipinski definition) is 3. The lowest BCUT2D eigenvalue weighted by molar-refractivity contribution is 0.265. The molecule has 2 N–H and O–H groups in total. The molecule has 0 aromatic carbocycles. The van der Waals surface area contributed by atoms with Crippen LogP contribution in [0.3, 0.4) is 0 Å². The van der Waals surface area contributed by atoms with E-state index in [1.54, 1.807) is 0 Å². The minimum atomic E-state index is -3.64. The monoisotopic (exact) mass is 177 g/mol. The first-order valence-electron chi connectivity index (χ1n) is 3.58. The van der Waals surface area contributed by atoms with Gasteiger partial charge in [0.05, 0.1) is 5.25 Å². The maximum atomic E-state index is 11.1. The molecular weight excluding hydrogens is 166 g/mol. The highest BCUT2D eigenvalue weighted by atomic mass is 32.2. The summed E-state index contributed by atoms with van der Waals surface area (Å²) in [5.74, 6) is 0. The summed E-state index contributed by atoms with van der Waals surface area (Å²) >= 11 is 0. The second-order valence-corrected chi connectivity index (χ2v) is 4.93. The molecule has 0 bridgehead atoms. The van der Waals surface area contributed by atoms with Gasteiger partial charge in [0, 0.05) is 0 Å². The molecule has 0 aromatic heterocycles. The van der Waals surface area contributed by atoms with Gasteiger partial charge in [0.2, 0.25) is 9.84 Å². The Bertz CT molecular complexity index is 251. The number of carbonyl (C=O) groups excluding carboxylic acids is 1. The fourth-order valence-electron chi connectivity index (χ4n) is 1.36. The van der Waals surface area contributed by atoms with E-state index in [4.69, 9.17) is 5.73 Å². The van der Waals surface area contributed by atoms with Crippen LogP contribution >= 0.6 is 0 Å². The van der Waals surface area contributed by atoms with E-state index >= 15 is 0 Å². The summed E-state index contributed by atoms with van der Waals surface area (Å²) < 4.78 is 22.1. The summed E-state index contributed by atoms with van der Waals surface area (Å²) in [6.45, 7) is 0. The Balaban J connectivity index is 2.80. The van der Waals surface area contributed by atoms with Crippen LogP contribution in [0.25, 0.3) is 0 Å². The third-order valence-electron chi connectivity index (χ3n) is 2.02. The van der Waals surface area contributed by atoms with Crippen LogP contribution in [-0.2, 0) is 9.84 Å². The SMILES string of the molecule is NC(=O)S(=O)(=O)C1CCCC1. The molecule has 5 heteroatoms. The second kappa shape index (κ2) is 2.81. The molecule has 4 nitrogen and oxygen atoms in total. The standard InChI is InChI=1S/C6H11NO3S/c7-6(8)11(9,10)5-3-1-2-4-5/h5H,1-4H2,(H2,7,8). The number of nitrogens with two attached hydrogens (primary N) is 1. The number of carbonyl (C=O) groups is 1. The average molecular weight is 177 g/mol. The second-order valence-electron chi connectivity index (χ2n) is 2.77. The molecular formula is C6H11NO3S. The zero-order valence-corrected chi connectivity index (χ0v) is 6.93. The van der Waals surface area contributed by atoms with Crippen molar-refractivity contribution in [3.05, 3.63) is 0 Å². The van der Waals surface area contributed by atoms with Gasteiger partial charge in [0.1, 0.15) is 0 Å². The van der Waals surface area contributed by atoms with Crippen molar-refractivity contribution < 1.29 is 13.2 Å². The first-order chi connectivity index (χ1) is 5.05. The zero-order valence-electron chi connectivity index (χ0n) is 6.12. The van der Waals surface area contributed by atoms with Crippen LogP contribution in [0, 0.1) is 0 Å². The molecule has 0 saturated heterocycles. The third-order valence-corrected chi connectivity index (χ3v) is 3.93. The van der Waals surface area contributed by atoms with Crippen LogP contribution in [0.2, 0.25) is 0 Å². The van der Waals surface area contributed by atoms with Gasteiger partial charge in [-0.2, -0.15) is 0 Å². The normalized spacial score (nSPS) is 20.4. The highest BCUT2D eigenvalue weighted by molar-refractivity contribution is 8.06. The maximum Gasteiger partial charge on any atom is 0.334 e. The highest BCUT2D eigenvalue weighted by Gasteiger charge is 2.32. The molecule has 0 aliphatic heterocycles. The van der Waals surface area contributed by atoms with Crippen LogP contribution in [0.4, 0.5) is 4.79 Å². The smallest absolute Gasteiger partial charge is 0.334 e. The number of sulfone groups is 1. The predicted molar refractivity (Wildman–Crippen MR) is 40.8 cm³/mol. The molecule has 11 heavy (non-hydrogen) atoms. The van der Waals surface area contributed by atoms with Gasteiger partial charge >= 0.3 is 5.24 Å². The topological polar surface area (TPSA) is 77.2 Å². The summed E-state index contributed by atoms with van der Waals surface area (Å²) in [6.07, 6.45) is 2.95. The van der Waals surface area contributed by atoms with Gasteiger partial charge in [0.25, 0.3) is 0 Å². The van der Waals surface area contributed by atoms with E-state index in [0.717, 1.165) is 12.8 Å². The lowest BCUT2D eigenvalue weighted by atomic mass is 10.4. The quantitative estimate of drug-likeness (QED) is 0.630. The molecule has 64 valence electrons. The molecule has 0 spiro atoms. The van der Waals surface area contributed by atoms with Crippen LogP contribution in [-0.4, -0.2) is 18.9 Å². The highest BCUT2D eigenvalue weighted by Crippen LogP contribution is 2.24. The summed E-state index contributed by atoms with van der Waals surface area (Å²) in [7, 11) is -3.64. The Morgan fingerprint density at radius 1 is 1.27 bits per heavy atom. The zero-order chi connectivity index (χ0) is 8.48. The lowest BCUT2D eigenvalue weighted by Crippen LogP contribution is -2.30. The van der Waals surface area contributed by atoms with Gasteiger partial charge in [-0.1, -0.05) is 12.8 Å². The van der Waals surface area contributed by atoms with Crippen molar-refractivity contribution in [1.29, 1.82) is 0 Å². The van der Waals surface area contributed by atoms with E-state index in [0.29, 0.717) is 12.8 Å². The number of primary amides is 1. The summed E-state index contributed by atoms with van der Waals surface area (Å²) in [6, 6.07) is 0. The maximum absolute atomic E-state index is 11.1. The van der Waals surface area contributed by atoms with E-state index in [1.807, 2.05) is 0 Å². The van der Waals surface area contributed by atoms with Crippen molar-refractivity contribution in [3.63, 3.8) is 0 Å². The molecule has 1 aliphatic carbocycles. The molecule has 1 saturated carbocycles. The summed E-state index contributed by atoms with van der Waals surface area (Å²) in [5, 5.41) is -1.68. The molecule has 1 fully saturated rings. The van der Waals surface area contributed by atoms with E-state index in [9.17, 15) is 13.2 Å². The van der Waals surface area contributed by atoms with Crippen molar-refractivity contribution in [1.82, 2.24) is 0 Å². The van der Waals surface area contributed by atoms with Crippen molar-refractivity contribution in [2.24, 2.45) is 5.73 Å². The van der Waals surface area contributed by atoms with Crippen LogP contribution < -0.4 is 5.73 Å². The summed E-state index contributed by atoms with van der Waals surface area (Å²) in [4.78, 5) is 10.4. The van der Waals surface area contributed by atoms with Gasteiger partial charge in [-0.3, -0.25) is 4.79 Å². The van der Waals surface area contributed by atoms with Crippen molar-refractivity contribution >= 4 is 15.1 Å². The Hall–Kier alpha value is -0.580. The van der Waals surface area contributed by atoms with E-state index in [2.05, 4.69) is 0 Å². The fourth-order valence-corrected chi connectivity index (χ4v) is 2.65. The number of rotatable bonds is 1. The molecule has 1 amide bonds. The van der Waals surface area contributed by atoms with Crippen molar-refractivity contribution in [2.45, 2.75) is 30.9 Å². The van der Waals surface area contributed by atoms with Gasteiger partial charge in [-0.25, -0.2) is 8.42 Å².